The first kappa shape index (κ1) is 17.9. The monoisotopic (exact) mass is 373 g/mol. The topological polar surface area (TPSA) is 38.3 Å². The van der Waals surface area contributed by atoms with Gasteiger partial charge < -0.3 is 10.1 Å². The van der Waals surface area contributed by atoms with Gasteiger partial charge in [0.05, 0.1) is 17.9 Å². The number of benzene rings is 2. The van der Waals surface area contributed by atoms with E-state index in [9.17, 15) is 9.18 Å². The van der Waals surface area contributed by atoms with Crippen molar-refractivity contribution in [1.82, 2.24) is 0 Å². The van der Waals surface area contributed by atoms with Crippen LogP contribution in [0.4, 0.5) is 10.1 Å². The van der Waals surface area contributed by atoms with E-state index in [1.54, 1.807) is 30.3 Å². The molecule has 0 saturated heterocycles. The highest BCUT2D eigenvalue weighted by Crippen LogP contribution is 2.27. The number of halogens is 3. The van der Waals surface area contributed by atoms with Gasteiger partial charge in [-0.25, -0.2) is 4.39 Å². The minimum Gasteiger partial charge on any atom is -0.495 e. The van der Waals surface area contributed by atoms with Crippen LogP contribution in [0.15, 0.2) is 36.4 Å². The summed E-state index contributed by atoms with van der Waals surface area (Å²) in [6.07, 6.45) is 0. The lowest BCUT2D eigenvalue weighted by molar-refractivity contribution is -0.113. The SMILES string of the molecule is COc1ccc(NC(=O)CSCc2ccc(Cl)cc2F)cc1Cl. The predicted molar refractivity (Wildman–Crippen MR) is 94.2 cm³/mol. The van der Waals surface area contributed by atoms with Gasteiger partial charge >= 0.3 is 0 Å². The Morgan fingerprint density at radius 3 is 2.70 bits per heavy atom. The second-order valence-corrected chi connectivity index (χ2v) is 6.46. The highest BCUT2D eigenvalue weighted by atomic mass is 35.5. The van der Waals surface area contributed by atoms with Gasteiger partial charge in [-0.2, -0.15) is 0 Å². The molecule has 0 aliphatic carbocycles. The van der Waals surface area contributed by atoms with Crippen molar-refractivity contribution in [2.75, 3.05) is 18.2 Å². The molecule has 0 aliphatic rings. The van der Waals surface area contributed by atoms with Crippen molar-refractivity contribution in [2.24, 2.45) is 0 Å². The van der Waals surface area contributed by atoms with Gasteiger partial charge in [0.2, 0.25) is 5.91 Å². The van der Waals surface area contributed by atoms with Crippen LogP contribution < -0.4 is 10.1 Å². The van der Waals surface area contributed by atoms with Crippen LogP contribution in [0.5, 0.6) is 5.75 Å². The summed E-state index contributed by atoms with van der Waals surface area (Å²) < 4.78 is 18.7. The van der Waals surface area contributed by atoms with E-state index in [1.807, 2.05) is 0 Å². The Kier molecular flexibility index (Phi) is 6.57. The number of rotatable bonds is 6. The number of thioether (sulfide) groups is 1. The van der Waals surface area contributed by atoms with Crippen LogP contribution in [0.3, 0.4) is 0 Å². The van der Waals surface area contributed by atoms with Gasteiger partial charge in [0.1, 0.15) is 11.6 Å². The van der Waals surface area contributed by atoms with Gasteiger partial charge in [-0.15, -0.1) is 11.8 Å². The average molecular weight is 374 g/mol. The maximum atomic E-state index is 13.6. The minimum atomic E-state index is -0.368. The smallest absolute Gasteiger partial charge is 0.234 e. The lowest BCUT2D eigenvalue weighted by Gasteiger charge is -2.08. The Labute approximate surface area is 148 Å². The van der Waals surface area contributed by atoms with Gasteiger partial charge in [0.25, 0.3) is 0 Å². The first-order valence-corrected chi connectivity index (χ1v) is 8.55. The molecular formula is C16H14Cl2FNO2S. The molecule has 0 aromatic heterocycles. The number of carbonyl (C=O) groups is 1. The first-order chi connectivity index (χ1) is 11.0. The molecule has 0 unspecified atom stereocenters. The molecule has 0 spiro atoms. The van der Waals surface area contributed by atoms with E-state index in [0.717, 1.165) is 0 Å². The van der Waals surface area contributed by atoms with Gasteiger partial charge in [0.15, 0.2) is 0 Å². The summed E-state index contributed by atoms with van der Waals surface area (Å²) in [6.45, 7) is 0. The van der Waals surface area contributed by atoms with Crippen molar-refractivity contribution in [3.05, 3.63) is 57.8 Å². The maximum absolute atomic E-state index is 13.6. The summed E-state index contributed by atoms with van der Waals surface area (Å²) in [5, 5.41) is 3.50. The van der Waals surface area contributed by atoms with E-state index in [2.05, 4.69) is 5.32 Å². The van der Waals surface area contributed by atoms with Crippen LogP contribution >= 0.6 is 35.0 Å². The Morgan fingerprint density at radius 2 is 2.04 bits per heavy atom. The number of hydrogen-bond donors (Lipinski definition) is 1. The van der Waals surface area contributed by atoms with Crippen molar-refractivity contribution >= 4 is 46.6 Å². The Morgan fingerprint density at radius 1 is 1.26 bits per heavy atom. The van der Waals surface area contributed by atoms with Crippen LogP contribution in [-0.4, -0.2) is 18.8 Å². The number of ether oxygens (including phenoxy) is 1. The Balaban J connectivity index is 1.84. The summed E-state index contributed by atoms with van der Waals surface area (Å²) in [5.41, 5.74) is 1.10. The highest BCUT2D eigenvalue weighted by molar-refractivity contribution is 7.99. The number of methoxy groups -OCH3 is 1. The maximum Gasteiger partial charge on any atom is 0.234 e. The molecule has 122 valence electrons. The van der Waals surface area contributed by atoms with E-state index >= 15 is 0 Å². The standard InChI is InChI=1S/C16H14Cl2FNO2S/c1-22-15-5-4-12(7-13(15)18)20-16(21)9-23-8-10-2-3-11(17)6-14(10)19/h2-7H,8-9H2,1H3,(H,20,21). The third-order valence-electron chi connectivity index (χ3n) is 2.94. The first-order valence-electron chi connectivity index (χ1n) is 6.64. The molecule has 1 amide bonds. The molecule has 7 heteroatoms. The highest BCUT2D eigenvalue weighted by Gasteiger charge is 2.08. The molecule has 0 bridgehead atoms. The van der Waals surface area contributed by atoms with Crippen LogP contribution in [0.1, 0.15) is 5.56 Å². The van der Waals surface area contributed by atoms with Gasteiger partial charge in [0, 0.05) is 16.5 Å². The number of amides is 1. The molecule has 23 heavy (non-hydrogen) atoms. The normalized spacial score (nSPS) is 10.4. The molecule has 3 nitrogen and oxygen atoms in total. The molecule has 1 N–H and O–H groups in total. The summed E-state index contributed by atoms with van der Waals surface area (Å²) in [4.78, 5) is 11.9. The molecular weight excluding hydrogens is 360 g/mol. The zero-order chi connectivity index (χ0) is 16.8. The third-order valence-corrected chi connectivity index (χ3v) is 4.45. The van der Waals surface area contributed by atoms with Crippen LogP contribution in [0.2, 0.25) is 10.0 Å². The second kappa shape index (κ2) is 8.43. The predicted octanol–water partition coefficient (Wildman–Crippen LogP) is 5.01. The molecule has 2 aromatic rings. The largest absolute Gasteiger partial charge is 0.495 e. The number of carbonyl (C=O) groups excluding carboxylic acids is 1. The zero-order valence-electron chi connectivity index (χ0n) is 12.2. The zero-order valence-corrected chi connectivity index (χ0v) is 14.6. The number of nitrogens with one attached hydrogen (secondary N) is 1. The van der Waals surface area contributed by atoms with Crippen LogP contribution in [-0.2, 0) is 10.5 Å². The molecule has 0 atom stereocenters. The molecule has 0 aliphatic heterocycles. The van der Waals surface area contributed by atoms with Crippen molar-refractivity contribution in [3.8, 4) is 5.75 Å². The molecule has 0 fully saturated rings. The fraction of sp³-hybridized carbons (Fsp3) is 0.188. The van der Waals surface area contributed by atoms with Crippen molar-refractivity contribution in [3.63, 3.8) is 0 Å². The van der Waals surface area contributed by atoms with E-state index in [0.29, 0.717) is 32.8 Å². The van der Waals surface area contributed by atoms with Gasteiger partial charge in [-0.3, -0.25) is 4.79 Å². The van der Waals surface area contributed by atoms with Crippen molar-refractivity contribution in [2.45, 2.75) is 5.75 Å². The fourth-order valence-corrected chi connectivity index (χ4v) is 3.06. The van der Waals surface area contributed by atoms with Crippen LogP contribution in [0.25, 0.3) is 0 Å². The summed E-state index contributed by atoms with van der Waals surface area (Å²) >= 11 is 13.0. The lowest BCUT2D eigenvalue weighted by atomic mass is 10.2. The van der Waals surface area contributed by atoms with Crippen LogP contribution in [0, 0.1) is 5.82 Å². The summed E-state index contributed by atoms with van der Waals surface area (Å²) in [7, 11) is 1.52. The van der Waals surface area contributed by atoms with Gasteiger partial charge in [-0.1, -0.05) is 29.3 Å². The Bertz CT molecular complexity index is 712. The van der Waals surface area contributed by atoms with E-state index in [1.165, 1.54) is 24.9 Å². The second-order valence-electron chi connectivity index (χ2n) is 4.63. The molecule has 0 saturated carbocycles. The minimum absolute atomic E-state index is 0.189. The molecule has 0 heterocycles. The van der Waals surface area contributed by atoms with E-state index < -0.39 is 0 Å². The third kappa shape index (κ3) is 5.30. The fourth-order valence-electron chi connectivity index (χ4n) is 1.83. The van der Waals surface area contributed by atoms with Crippen molar-refractivity contribution in [1.29, 1.82) is 0 Å². The van der Waals surface area contributed by atoms with Gasteiger partial charge in [-0.05, 0) is 35.9 Å². The average Bonchev–Trinajstić information content (AvgIpc) is 2.49. The molecule has 0 radical (unpaired) electrons. The van der Waals surface area contributed by atoms with E-state index in [-0.39, 0.29) is 17.5 Å². The Hall–Kier alpha value is -1.43. The molecule has 2 aromatic carbocycles. The molecule has 2 rings (SSSR count). The summed E-state index contributed by atoms with van der Waals surface area (Å²) in [6, 6.07) is 9.49. The van der Waals surface area contributed by atoms with E-state index in [4.69, 9.17) is 27.9 Å². The van der Waals surface area contributed by atoms with Crippen molar-refractivity contribution < 1.29 is 13.9 Å². The lowest BCUT2D eigenvalue weighted by Crippen LogP contribution is -2.14. The number of hydrogen-bond acceptors (Lipinski definition) is 3. The quantitative estimate of drug-likeness (QED) is 0.772. The number of anilines is 1. The summed E-state index contributed by atoms with van der Waals surface area (Å²) in [5.74, 6) is 0.570.